The molecule has 0 atom stereocenters. The standard InChI is InChI=1S/C24H21N3O3.H2/c1-3-27-21-14-18(29-2)9-5-10-19(21)20(15-25)23(27)16-7-4-8-17(13-16)26-24(28)22-11-6-12-30-22;/h4,6-14H,3,5H2,1-2H3,(H,26,28);1H. The largest absolute Gasteiger partial charge is 0.497 e. The third kappa shape index (κ3) is 3.42. The Bertz CT molecular complexity index is 1300. The number of nitrogens with one attached hydrogen (secondary N) is 1. The van der Waals surface area contributed by atoms with Crippen LogP contribution in [0.4, 0.5) is 5.69 Å². The Labute approximate surface area is 175 Å². The van der Waals surface area contributed by atoms with E-state index in [0.29, 0.717) is 24.2 Å². The zero-order valence-corrected chi connectivity index (χ0v) is 16.8. The first-order chi connectivity index (χ1) is 14.7. The maximum Gasteiger partial charge on any atom is 0.291 e. The van der Waals surface area contributed by atoms with Gasteiger partial charge >= 0.3 is 0 Å². The number of furan rings is 1. The highest BCUT2D eigenvalue weighted by Gasteiger charge is 2.18. The van der Waals surface area contributed by atoms with Gasteiger partial charge < -0.3 is 19.0 Å². The second-order valence-electron chi connectivity index (χ2n) is 6.79. The van der Waals surface area contributed by atoms with Gasteiger partial charge in [0.05, 0.1) is 30.0 Å². The van der Waals surface area contributed by atoms with Crippen molar-refractivity contribution in [3.8, 4) is 17.3 Å². The predicted octanol–water partition coefficient (Wildman–Crippen LogP) is 3.63. The van der Waals surface area contributed by atoms with Crippen LogP contribution >= 0.6 is 0 Å². The van der Waals surface area contributed by atoms with Crippen LogP contribution in [0.25, 0.3) is 23.4 Å². The number of hydrogen-bond acceptors (Lipinski definition) is 4. The SMILES string of the molecule is CCn1c(-c2cccc(NC(=O)c3ccco3)c2)c(C#N)c2c1=CC(OC)=CCC=2.[HH]. The summed E-state index contributed by atoms with van der Waals surface area (Å²) in [5.74, 6) is 0.688. The zero-order valence-electron chi connectivity index (χ0n) is 16.8. The molecule has 1 amide bonds. The van der Waals surface area contributed by atoms with Gasteiger partial charge in [0.1, 0.15) is 11.8 Å². The molecule has 1 aliphatic rings. The van der Waals surface area contributed by atoms with Gasteiger partial charge in [0.2, 0.25) is 0 Å². The fourth-order valence-electron chi connectivity index (χ4n) is 3.73. The maximum atomic E-state index is 12.3. The minimum absolute atomic E-state index is 0. The van der Waals surface area contributed by atoms with Gasteiger partial charge in [-0.1, -0.05) is 18.2 Å². The summed E-state index contributed by atoms with van der Waals surface area (Å²) in [4.78, 5) is 12.3. The normalized spacial score (nSPS) is 12.5. The van der Waals surface area contributed by atoms with Crippen molar-refractivity contribution in [2.45, 2.75) is 19.9 Å². The number of amides is 1. The van der Waals surface area contributed by atoms with Crippen LogP contribution in [0.15, 0.2) is 58.9 Å². The number of carbonyl (C=O) groups is 1. The van der Waals surface area contributed by atoms with Gasteiger partial charge in [0.25, 0.3) is 5.91 Å². The van der Waals surface area contributed by atoms with E-state index in [9.17, 15) is 10.1 Å². The molecule has 0 unspecified atom stereocenters. The number of aromatic nitrogens is 1. The number of rotatable bonds is 5. The number of carbonyl (C=O) groups excluding carboxylic acids is 1. The molecule has 6 nitrogen and oxygen atoms in total. The fraction of sp³-hybridized carbons (Fsp3) is 0.167. The third-order valence-electron chi connectivity index (χ3n) is 5.07. The molecule has 4 rings (SSSR count). The molecule has 2 aromatic heterocycles. The van der Waals surface area contributed by atoms with Crippen LogP contribution in [-0.4, -0.2) is 17.6 Å². The molecular formula is C24H23N3O3. The second kappa shape index (κ2) is 8.18. The Morgan fingerprint density at radius 1 is 1.33 bits per heavy atom. The number of methoxy groups -OCH3 is 1. The van der Waals surface area contributed by atoms with E-state index in [4.69, 9.17) is 9.15 Å². The highest BCUT2D eigenvalue weighted by molar-refractivity contribution is 6.02. The number of nitrogens with zero attached hydrogens (tertiary/aromatic N) is 2. The lowest BCUT2D eigenvalue weighted by Crippen LogP contribution is -2.29. The van der Waals surface area contributed by atoms with E-state index in [1.807, 2.05) is 43.3 Å². The molecule has 0 saturated carbocycles. The molecule has 1 N–H and O–H groups in total. The monoisotopic (exact) mass is 401 g/mol. The van der Waals surface area contributed by atoms with E-state index in [0.717, 1.165) is 27.6 Å². The minimum Gasteiger partial charge on any atom is -0.497 e. The number of fused-ring (bicyclic) bond motifs is 1. The first-order valence-corrected chi connectivity index (χ1v) is 9.70. The molecule has 152 valence electrons. The van der Waals surface area contributed by atoms with Gasteiger partial charge in [-0.25, -0.2) is 0 Å². The second-order valence-corrected chi connectivity index (χ2v) is 6.79. The molecule has 2 heterocycles. The molecule has 30 heavy (non-hydrogen) atoms. The minimum atomic E-state index is -0.323. The molecular weight excluding hydrogens is 378 g/mol. The number of allylic oxidation sites excluding steroid dienone is 2. The Kier molecular flexibility index (Phi) is 5.27. The van der Waals surface area contributed by atoms with Crippen molar-refractivity contribution in [1.29, 1.82) is 5.26 Å². The molecule has 6 heteroatoms. The van der Waals surface area contributed by atoms with Gasteiger partial charge in [-0.2, -0.15) is 5.26 Å². The van der Waals surface area contributed by atoms with E-state index < -0.39 is 0 Å². The van der Waals surface area contributed by atoms with Gasteiger partial charge in [0.15, 0.2) is 5.76 Å². The Morgan fingerprint density at radius 3 is 2.90 bits per heavy atom. The van der Waals surface area contributed by atoms with Crippen molar-refractivity contribution in [2.75, 3.05) is 12.4 Å². The van der Waals surface area contributed by atoms with Crippen LogP contribution in [-0.2, 0) is 11.3 Å². The summed E-state index contributed by atoms with van der Waals surface area (Å²) in [5, 5.41) is 14.7. The van der Waals surface area contributed by atoms with Crippen molar-refractivity contribution < 1.29 is 15.4 Å². The first kappa shape index (κ1) is 19.3. The third-order valence-corrected chi connectivity index (χ3v) is 5.07. The van der Waals surface area contributed by atoms with E-state index in [-0.39, 0.29) is 13.1 Å². The van der Waals surface area contributed by atoms with E-state index in [1.165, 1.54) is 6.26 Å². The van der Waals surface area contributed by atoms with E-state index in [2.05, 4.69) is 22.0 Å². The van der Waals surface area contributed by atoms with Gasteiger partial charge in [-0.05, 0) is 43.7 Å². The van der Waals surface area contributed by atoms with Crippen molar-refractivity contribution in [3.63, 3.8) is 0 Å². The lowest BCUT2D eigenvalue weighted by atomic mass is 10.1. The topological polar surface area (TPSA) is 80.2 Å². The Balaban J connectivity index is 0.00000272. The highest BCUT2D eigenvalue weighted by Crippen LogP contribution is 2.25. The number of anilines is 1. The van der Waals surface area contributed by atoms with Crippen molar-refractivity contribution in [1.82, 2.24) is 4.57 Å². The summed E-state index contributed by atoms with van der Waals surface area (Å²) in [7, 11) is 1.64. The Hall–Kier alpha value is -3.98. The lowest BCUT2D eigenvalue weighted by Gasteiger charge is -2.11. The Morgan fingerprint density at radius 2 is 2.20 bits per heavy atom. The van der Waals surface area contributed by atoms with Gasteiger partial charge in [0, 0.05) is 30.5 Å². The van der Waals surface area contributed by atoms with Crippen LogP contribution < -0.4 is 15.9 Å². The van der Waals surface area contributed by atoms with E-state index in [1.54, 1.807) is 19.2 Å². The van der Waals surface area contributed by atoms with Gasteiger partial charge in [-0.15, -0.1) is 0 Å². The molecule has 1 aromatic carbocycles. The molecule has 1 aliphatic carbocycles. The van der Waals surface area contributed by atoms with Crippen molar-refractivity contribution >= 4 is 23.7 Å². The average molecular weight is 401 g/mol. The summed E-state index contributed by atoms with van der Waals surface area (Å²) < 4.78 is 12.7. The van der Waals surface area contributed by atoms with Crippen molar-refractivity contribution in [2.24, 2.45) is 0 Å². The predicted molar refractivity (Wildman–Crippen MR) is 117 cm³/mol. The van der Waals surface area contributed by atoms with Crippen LogP contribution in [0.1, 0.15) is 30.9 Å². The zero-order chi connectivity index (χ0) is 21.1. The number of nitriles is 1. The van der Waals surface area contributed by atoms with Crippen LogP contribution in [0, 0.1) is 11.3 Å². The fourth-order valence-corrected chi connectivity index (χ4v) is 3.73. The summed E-state index contributed by atoms with van der Waals surface area (Å²) in [6.07, 6.45) is 8.16. The summed E-state index contributed by atoms with van der Waals surface area (Å²) in [6, 6.07) is 13.1. The number of benzene rings is 1. The lowest BCUT2D eigenvalue weighted by molar-refractivity contribution is 0.0996. The molecule has 0 fully saturated rings. The van der Waals surface area contributed by atoms with Gasteiger partial charge in [-0.3, -0.25) is 4.79 Å². The molecule has 0 saturated heterocycles. The number of ether oxygens (including phenoxy) is 1. The smallest absolute Gasteiger partial charge is 0.291 e. The summed E-state index contributed by atoms with van der Waals surface area (Å²) in [5.41, 5.74) is 2.91. The average Bonchev–Trinajstić information content (AvgIpc) is 3.34. The highest BCUT2D eigenvalue weighted by atomic mass is 16.5. The summed E-state index contributed by atoms with van der Waals surface area (Å²) in [6.45, 7) is 2.73. The van der Waals surface area contributed by atoms with E-state index >= 15 is 0 Å². The molecule has 0 spiro atoms. The summed E-state index contributed by atoms with van der Waals surface area (Å²) >= 11 is 0. The molecule has 0 aliphatic heterocycles. The quantitative estimate of drug-likeness (QED) is 0.708. The molecule has 3 aromatic rings. The molecule has 0 radical (unpaired) electrons. The molecule has 0 bridgehead atoms. The van der Waals surface area contributed by atoms with Crippen molar-refractivity contribution in [3.05, 3.63) is 76.4 Å². The number of hydrogen-bond donors (Lipinski definition) is 1. The van der Waals surface area contributed by atoms with Crippen LogP contribution in [0.2, 0.25) is 0 Å². The van der Waals surface area contributed by atoms with Crippen LogP contribution in [0.3, 0.4) is 0 Å². The maximum absolute atomic E-state index is 12.3. The first-order valence-electron chi connectivity index (χ1n) is 9.70. The van der Waals surface area contributed by atoms with Crippen LogP contribution in [0.5, 0.6) is 0 Å².